The maximum absolute atomic E-state index is 2.45. The number of hydrogen-bond donors (Lipinski definition) is 0. The number of hydrogen-bond acceptors (Lipinski definition) is 0. The van der Waals surface area contributed by atoms with Gasteiger partial charge < -0.3 is 0 Å². The van der Waals surface area contributed by atoms with E-state index in [9.17, 15) is 0 Å². The minimum atomic E-state index is 0.845. The van der Waals surface area contributed by atoms with Gasteiger partial charge in [0.15, 0.2) is 0 Å². The van der Waals surface area contributed by atoms with Gasteiger partial charge in [0.2, 0.25) is 0 Å². The van der Waals surface area contributed by atoms with Crippen LogP contribution in [0.4, 0.5) is 0 Å². The van der Waals surface area contributed by atoms with Crippen molar-refractivity contribution in [1.82, 2.24) is 0 Å². The van der Waals surface area contributed by atoms with Crippen LogP contribution in [-0.4, -0.2) is 0 Å². The first kappa shape index (κ1) is 5.76. The molecule has 0 heterocycles. The summed E-state index contributed by atoms with van der Waals surface area (Å²) in [6.07, 6.45) is 12.9. The zero-order valence-corrected chi connectivity index (χ0v) is 6.03. The topological polar surface area (TPSA) is 0 Å². The maximum atomic E-state index is 2.45. The monoisotopic (exact) mass is 123 g/mol. The minimum Gasteiger partial charge on any atom is -0.0533 e. The average Bonchev–Trinajstić information content (AvgIpc) is 1.87. The van der Waals surface area contributed by atoms with Crippen molar-refractivity contribution >= 4 is 0 Å². The molecule has 0 amide bonds. The van der Waals surface area contributed by atoms with Gasteiger partial charge in [-0.05, 0) is 37.5 Å². The maximum Gasteiger partial charge on any atom is -0.0292 e. The Balaban J connectivity index is 1.93. The summed E-state index contributed by atoms with van der Waals surface area (Å²) >= 11 is 0. The lowest BCUT2D eigenvalue weighted by molar-refractivity contribution is 0.126. The second kappa shape index (κ2) is 2.00. The molecule has 2 fully saturated rings. The molecule has 0 atom stereocenters. The third-order valence-electron chi connectivity index (χ3n) is 3.07. The van der Waals surface area contributed by atoms with Crippen molar-refractivity contribution in [2.24, 2.45) is 5.41 Å². The van der Waals surface area contributed by atoms with Crippen LogP contribution in [0, 0.1) is 11.8 Å². The van der Waals surface area contributed by atoms with Crippen molar-refractivity contribution in [3.05, 3.63) is 6.42 Å². The Bertz CT molecular complexity index is 92.6. The molecule has 9 heavy (non-hydrogen) atoms. The van der Waals surface area contributed by atoms with Crippen molar-refractivity contribution in [1.29, 1.82) is 0 Å². The van der Waals surface area contributed by atoms with E-state index in [0.717, 1.165) is 5.41 Å². The Morgan fingerprint density at radius 2 is 1.56 bits per heavy atom. The molecule has 2 aliphatic rings. The molecule has 0 nitrogen and oxygen atoms in total. The lowest BCUT2D eigenvalue weighted by atomic mass is 9.61. The Kier molecular flexibility index (Phi) is 1.28. The van der Waals surface area contributed by atoms with Gasteiger partial charge in [-0.1, -0.05) is 19.3 Å². The van der Waals surface area contributed by atoms with Crippen LogP contribution in [0.3, 0.4) is 0 Å². The fraction of sp³-hybridized carbons (Fsp3) is 0.889. The molecular formula is C9H15. The standard InChI is InChI=1S/C9H15/c1-2-5-9(6-3-1)7-4-8-9/h4H,1-3,5-8H2. The lowest BCUT2D eigenvalue weighted by Gasteiger charge is -2.44. The summed E-state index contributed by atoms with van der Waals surface area (Å²) in [4.78, 5) is 0. The Morgan fingerprint density at radius 1 is 0.889 bits per heavy atom. The van der Waals surface area contributed by atoms with Gasteiger partial charge in [-0.25, -0.2) is 0 Å². The normalized spacial score (nSPS) is 32.0. The van der Waals surface area contributed by atoms with Gasteiger partial charge in [-0.3, -0.25) is 0 Å². The summed E-state index contributed by atoms with van der Waals surface area (Å²) < 4.78 is 0. The second-order valence-corrected chi connectivity index (χ2v) is 3.76. The van der Waals surface area contributed by atoms with Crippen LogP contribution in [0.1, 0.15) is 44.9 Å². The van der Waals surface area contributed by atoms with E-state index in [1.54, 1.807) is 0 Å². The summed E-state index contributed by atoms with van der Waals surface area (Å²) in [5, 5.41) is 0. The van der Waals surface area contributed by atoms with E-state index < -0.39 is 0 Å². The third-order valence-corrected chi connectivity index (χ3v) is 3.07. The average molecular weight is 123 g/mol. The van der Waals surface area contributed by atoms with Gasteiger partial charge in [0.05, 0.1) is 0 Å². The quantitative estimate of drug-likeness (QED) is 0.464. The molecule has 2 saturated carbocycles. The van der Waals surface area contributed by atoms with Crippen LogP contribution in [-0.2, 0) is 0 Å². The summed E-state index contributed by atoms with van der Waals surface area (Å²) in [6.45, 7) is 0. The molecule has 0 unspecified atom stereocenters. The fourth-order valence-corrected chi connectivity index (χ4v) is 2.26. The summed E-state index contributed by atoms with van der Waals surface area (Å²) in [5.41, 5.74) is 0.845. The van der Waals surface area contributed by atoms with Gasteiger partial charge in [0, 0.05) is 0 Å². The van der Waals surface area contributed by atoms with Gasteiger partial charge in [-0.15, -0.1) is 0 Å². The van der Waals surface area contributed by atoms with E-state index in [1.807, 2.05) is 0 Å². The van der Waals surface area contributed by atoms with Gasteiger partial charge in [0.25, 0.3) is 0 Å². The molecule has 2 aliphatic carbocycles. The number of rotatable bonds is 0. The van der Waals surface area contributed by atoms with Crippen LogP contribution in [0.2, 0.25) is 0 Å². The van der Waals surface area contributed by atoms with Crippen LogP contribution in [0.25, 0.3) is 0 Å². The summed E-state index contributed by atoms with van der Waals surface area (Å²) in [5.74, 6) is 0. The molecule has 51 valence electrons. The highest BCUT2D eigenvalue weighted by molar-refractivity contribution is 4.99. The Hall–Kier alpha value is 0. The van der Waals surface area contributed by atoms with Gasteiger partial charge in [-0.2, -0.15) is 0 Å². The molecule has 0 bridgehead atoms. The van der Waals surface area contributed by atoms with Crippen LogP contribution < -0.4 is 0 Å². The minimum absolute atomic E-state index is 0.845. The molecular weight excluding hydrogens is 108 g/mol. The predicted molar refractivity (Wildman–Crippen MR) is 39.1 cm³/mol. The second-order valence-electron chi connectivity index (χ2n) is 3.76. The van der Waals surface area contributed by atoms with Crippen LogP contribution >= 0.6 is 0 Å². The van der Waals surface area contributed by atoms with Crippen molar-refractivity contribution in [2.45, 2.75) is 44.9 Å². The molecule has 0 N–H and O–H groups in total. The molecule has 2 rings (SSSR count). The van der Waals surface area contributed by atoms with Crippen LogP contribution in [0.15, 0.2) is 0 Å². The first-order chi connectivity index (χ1) is 4.41. The van der Waals surface area contributed by atoms with E-state index in [-0.39, 0.29) is 0 Å². The van der Waals surface area contributed by atoms with E-state index in [0.29, 0.717) is 0 Å². The van der Waals surface area contributed by atoms with Crippen molar-refractivity contribution in [2.75, 3.05) is 0 Å². The largest absolute Gasteiger partial charge is 0.0533 e. The highest BCUT2D eigenvalue weighted by atomic mass is 14.4. The summed E-state index contributed by atoms with van der Waals surface area (Å²) in [6, 6.07) is 0. The van der Waals surface area contributed by atoms with Gasteiger partial charge >= 0.3 is 0 Å². The first-order valence-electron chi connectivity index (χ1n) is 4.23. The molecule has 0 heteroatoms. The molecule has 0 aromatic heterocycles. The Morgan fingerprint density at radius 3 is 1.89 bits per heavy atom. The first-order valence-corrected chi connectivity index (χ1v) is 4.23. The van der Waals surface area contributed by atoms with Crippen LogP contribution in [0.5, 0.6) is 0 Å². The molecule has 0 aromatic rings. The van der Waals surface area contributed by atoms with Crippen molar-refractivity contribution < 1.29 is 0 Å². The zero-order chi connectivity index (χ0) is 6.16. The molecule has 1 spiro atoms. The van der Waals surface area contributed by atoms with Crippen molar-refractivity contribution in [3.8, 4) is 0 Å². The highest BCUT2D eigenvalue weighted by Crippen LogP contribution is 2.50. The molecule has 0 aromatic carbocycles. The molecule has 0 aliphatic heterocycles. The third kappa shape index (κ3) is 0.889. The van der Waals surface area contributed by atoms with E-state index >= 15 is 0 Å². The van der Waals surface area contributed by atoms with E-state index in [1.165, 1.54) is 44.9 Å². The predicted octanol–water partition coefficient (Wildman–Crippen LogP) is 2.93. The van der Waals surface area contributed by atoms with E-state index in [4.69, 9.17) is 0 Å². The van der Waals surface area contributed by atoms with E-state index in [2.05, 4.69) is 6.42 Å². The molecule has 0 saturated heterocycles. The fourth-order valence-electron chi connectivity index (χ4n) is 2.26. The Labute approximate surface area is 57.6 Å². The lowest BCUT2D eigenvalue weighted by Crippen LogP contribution is -2.31. The SMILES string of the molecule is [CH]1CC2(C1)CCCCC2. The molecule has 1 radical (unpaired) electrons. The smallest absolute Gasteiger partial charge is 0.0292 e. The van der Waals surface area contributed by atoms with Gasteiger partial charge in [0.1, 0.15) is 0 Å². The zero-order valence-electron chi connectivity index (χ0n) is 6.03. The summed E-state index contributed by atoms with van der Waals surface area (Å²) in [7, 11) is 0. The van der Waals surface area contributed by atoms with Crippen molar-refractivity contribution in [3.63, 3.8) is 0 Å². The highest BCUT2D eigenvalue weighted by Gasteiger charge is 2.37.